The van der Waals surface area contributed by atoms with Crippen molar-refractivity contribution in [2.45, 2.75) is 12.7 Å². The highest BCUT2D eigenvalue weighted by molar-refractivity contribution is 7.71. The quantitative estimate of drug-likeness (QED) is 0.449. The molecular formula is C7H8N2O4S. The molecule has 0 saturated heterocycles. The normalized spacial score (nSPS) is 10.4. The summed E-state index contributed by atoms with van der Waals surface area (Å²) >= 11 is 0. The molecule has 0 atom stereocenters. The third-order valence-corrected chi connectivity index (χ3v) is 2.19. The molecule has 14 heavy (non-hydrogen) atoms. The standard InChI is InChI=1S/C7H8N2O4S/c1-5-7(9(10)11)3-2-6(8-5)4-14(12)13/h2-3,14H,4H2,1H3. The lowest BCUT2D eigenvalue weighted by atomic mass is 10.3. The Kier molecular flexibility index (Phi) is 3.13. The van der Waals surface area contributed by atoms with E-state index in [1.54, 1.807) is 0 Å². The predicted octanol–water partition coefficient (Wildman–Crippen LogP) is 0.410. The lowest BCUT2D eigenvalue weighted by Gasteiger charge is -1.98. The Hall–Kier alpha value is -1.50. The van der Waals surface area contributed by atoms with Gasteiger partial charge < -0.3 is 0 Å². The van der Waals surface area contributed by atoms with Gasteiger partial charge in [0.15, 0.2) is 0 Å². The molecule has 0 fully saturated rings. The van der Waals surface area contributed by atoms with Crippen molar-refractivity contribution in [1.29, 1.82) is 0 Å². The number of aryl methyl sites for hydroxylation is 1. The number of thiol groups is 1. The first-order valence-corrected chi connectivity index (χ1v) is 5.09. The average Bonchev–Trinajstić information content (AvgIpc) is 2.01. The van der Waals surface area contributed by atoms with E-state index in [-0.39, 0.29) is 17.1 Å². The molecule has 0 bridgehead atoms. The van der Waals surface area contributed by atoms with E-state index in [0.29, 0.717) is 5.69 Å². The molecule has 1 aromatic rings. The first-order chi connectivity index (χ1) is 6.50. The maximum Gasteiger partial charge on any atom is 0.290 e. The van der Waals surface area contributed by atoms with Gasteiger partial charge in [-0.1, -0.05) is 0 Å². The molecule has 1 aromatic heterocycles. The predicted molar refractivity (Wildman–Crippen MR) is 49.6 cm³/mol. The molecule has 0 N–H and O–H groups in total. The highest BCUT2D eigenvalue weighted by atomic mass is 32.2. The van der Waals surface area contributed by atoms with Gasteiger partial charge in [-0.15, -0.1) is 0 Å². The third-order valence-electron chi connectivity index (χ3n) is 1.60. The lowest BCUT2D eigenvalue weighted by molar-refractivity contribution is -0.385. The van der Waals surface area contributed by atoms with Gasteiger partial charge in [-0.25, -0.2) is 13.4 Å². The summed E-state index contributed by atoms with van der Waals surface area (Å²) < 4.78 is 20.7. The van der Waals surface area contributed by atoms with E-state index < -0.39 is 15.6 Å². The van der Waals surface area contributed by atoms with Crippen LogP contribution in [0.2, 0.25) is 0 Å². The molecule has 0 aliphatic carbocycles. The minimum absolute atomic E-state index is 0.102. The molecular weight excluding hydrogens is 208 g/mol. The second-order valence-corrected chi connectivity index (χ2v) is 3.64. The monoisotopic (exact) mass is 216 g/mol. The Morgan fingerprint density at radius 3 is 2.57 bits per heavy atom. The molecule has 1 rings (SSSR count). The topological polar surface area (TPSA) is 90.2 Å². The van der Waals surface area contributed by atoms with Crippen LogP contribution in [0.25, 0.3) is 0 Å². The molecule has 6 nitrogen and oxygen atoms in total. The summed E-state index contributed by atoms with van der Waals surface area (Å²) in [7, 11) is -2.55. The lowest BCUT2D eigenvalue weighted by Crippen LogP contribution is -1.98. The number of nitro groups is 1. The van der Waals surface area contributed by atoms with E-state index in [9.17, 15) is 18.5 Å². The van der Waals surface area contributed by atoms with Crippen molar-refractivity contribution in [1.82, 2.24) is 4.98 Å². The van der Waals surface area contributed by atoms with Crippen molar-refractivity contribution >= 4 is 16.4 Å². The van der Waals surface area contributed by atoms with Crippen LogP contribution in [-0.2, 0) is 16.5 Å². The van der Waals surface area contributed by atoms with Crippen molar-refractivity contribution in [2.24, 2.45) is 0 Å². The Bertz CT molecular complexity index is 433. The number of nitrogens with zero attached hydrogens (tertiary/aromatic N) is 2. The van der Waals surface area contributed by atoms with Crippen molar-refractivity contribution < 1.29 is 13.3 Å². The third kappa shape index (κ3) is 2.49. The Balaban J connectivity index is 3.06. The number of hydrogen-bond donors (Lipinski definition) is 1. The van der Waals surface area contributed by atoms with Gasteiger partial charge in [0, 0.05) is 6.07 Å². The van der Waals surface area contributed by atoms with Crippen LogP contribution in [0.1, 0.15) is 11.4 Å². The first kappa shape index (κ1) is 10.6. The second-order valence-electron chi connectivity index (χ2n) is 2.66. The van der Waals surface area contributed by atoms with E-state index >= 15 is 0 Å². The SMILES string of the molecule is Cc1nc(C[SH](=O)=O)ccc1[N+](=O)[O-]. The van der Waals surface area contributed by atoms with Crippen molar-refractivity contribution in [3.8, 4) is 0 Å². The average molecular weight is 216 g/mol. The van der Waals surface area contributed by atoms with Gasteiger partial charge in [0.2, 0.25) is 0 Å². The zero-order valence-corrected chi connectivity index (χ0v) is 8.23. The van der Waals surface area contributed by atoms with Gasteiger partial charge in [-0.3, -0.25) is 10.1 Å². The molecule has 76 valence electrons. The minimum Gasteiger partial charge on any atom is -0.258 e. The maximum absolute atomic E-state index is 10.4. The fraction of sp³-hybridized carbons (Fsp3) is 0.286. The van der Waals surface area contributed by atoms with E-state index in [1.807, 2.05) is 0 Å². The van der Waals surface area contributed by atoms with Crippen LogP contribution in [0.4, 0.5) is 5.69 Å². The van der Waals surface area contributed by atoms with Crippen molar-refractivity contribution in [2.75, 3.05) is 0 Å². The summed E-state index contributed by atoms with van der Waals surface area (Å²) in [4.78, 5) is 13.7. The largest absolute Gasteiger partial charge is 0.290 e. The molecule has 0 amide bonds. The number of aromatic nitrogens is 1. The first-order valence-electron chi connectivity index (χ1n) is 3.73. The molecule has 0 spiro atoms. The number of pyridine rings is 1. The van der Waals surface area contributed by atoms with Crippen molar-refractivity contribution in [3.63, 3.8) is 0 Å². The van der Waals surface area contributed by atoms with Crippen LogP contribution < -0.4 is 0 Å². The molecule has 1 heterocycles. The van der Waals surface area contributed by atoms with Gasteiger partial charge in [-0.2, -0.15) is 0 Å². The van der Waals surface area contributed by atoms with Gasteiger partial charge in [0.05, 0.1) is 16.4 Å². The van der Waals surface area contributed by atoms with Crippen LogP contribution in [0.15, 0.2) is 12.1 Å². The second kappa shape index (κ2) is 4.14. The number of hydrogen-bond acceptors (Lipinski definition) is 5. The summed E-state index contributed by atoms with van der Waals surface area (Å²) in [5.74, 6) is -0.186. The summed E-state index contributed by atoms with van der Waals surface area (Å²) in [6, 6.07) is 2.60. The fourth-order valence-electron chi connectivity index (χ4n) is 1.02. The van der Waals surface area contributed by atoms with Crippen LogP contribution >= 0.6 is 0 Å². The smallest absolute Gasteiger partial charge is 0.258 e. The van der Waals surface area contributed by atoms with Crippen LogP contribution in [0.3, 0.4) is 0 Å². The van der Waals surface area contributed by atoms with Crippen LogP contribution in [0.5, 0.6) is 0 Å². The zero-order chi connectivity index (χ0) is 10.7. The highest BCUT2D eigenvalue weighted by Crippen LogP contribution is 2.15. The molecule has 0 unspecified atom stereocenters. The molecule has 0 aromatic carbocycles. The zero-order valence-electron chi connectivity index (χ0n) is 7.34. The summed E-state index contributed by atoms with van der Waals surface area (Å²) in [6.45, 7) is 1.47. The Labute approximate surface area is 81.7 Å². The molecule has 0 radical (unpaired) electrons. The fourth-order valence-corrected chi connectivity index (χ4v) is 1.46. The Morgan fingerprint density at radius 1 is 1.50 bits per heavy atom. The van der Waals surface area contributed by atoms with Crippen LogP contribution in [0, 0.1) is 17.0 Å². The van der Waals surface area contributed by atoms with E-state index in [4.69, 9.17) is 0 Å². The van der Waals surface area contributed by atoms with Gasteiger partial charge >= 0.3 is 0 Å². The van der Waals surface area contributed by atoms with E-state index in [2.05, 4.69) is 4.98 Å². The van der Waals surface area contributed by atoms with E-state index in [0.717, 1.165) is 0 Å². The van der Waals surface area contributed by atoms with Gasteiger partial charge in [0.1, 0.15) is 16.4 Å². The number of rotatable bonds is 3. The molecule has 0 saturated carbocycles. The highest BCUT2D eigenvalue weighted by Gasteiger charge is 2.11. The summed E-state index contributed by atoms with van der Waals surface area (Å²) in [5, 5.41) is 10.4. The molecule has 0 aliphatic rings. The van der Waals surface area contributed by atoms with Gasteiger partial charge in [0.25, 0.3) is 5.69 Å². The Morgan fingerprint density at radius 2 is 2.14 bits per heavy atom. The van der Waals surface area contributed by atoms with Gasteiger partial charge in [-0.05, 0) is 13.0 Å². The molecule has 7 heteroatoms. The minimum atomic E-state index is -2.55. The summed E-state index contributed by atoms with van der Waals surface area (Å²) in [5.41, 5.74) is 0.448. The van der Waals surface area contributed by atoms with Crippen molar-refractivity contribution in [3.05, 3.63) is 33.6 Å². The van der Waals surface area contributed by atoms with Crippen LogP contribution in [-0.4, -0.2) is 18.3 Å². The maximum atomic E-state index is 10.4. The molecule has 0 aliphatic heterocycles. The summed E-state index contributed by atoms with van der Waals surface area (Å²) in [6.07, 6.45) is 0. The van der Waals surface area contributed by atoms with E-state index in [1.165, 1.54) is 19.1 Å².